The number of anilines is 3. The van der Waals surface area contributed by atoms with Crippen LogP contribution in [0.25, 0.3) is 0 Å². The van der Waals surface area contributed by atoms with Gasteiger partial charge in [-0.15, -0.1) is 0 Å². The van der Waals surface area contributed by atoms with Crippen LogP contribution >= 0.6 is 15.9 Å². The summed E-state index contributed by atoms with van der Waals surface area (Å²) in [6.07, 6.45) is -0.793. The molecule has 0 spiro atoms. The summed E-state index contributed by atoms with van der Waals surface area (Å²) >= 11 is 3.44. The van der Waals surface area contributed by atoms with E-state index in [4.69, 9.17) is 4.74 Å². The normalized spacial score (nSPS) is 17.8. The van der Waals surface area contributed by atoms with Crippen molar-refractivity contribution in [2.45, 2.75) is 13.0 Å². The second-order valence-electron chi connectivity index (χ2n) is 9.00. The minimum Gasteiger partial charge on any atom is -0.442 e. The van der Waals surface area contributed by atoms with Gasteiger partial charge in [-0.05, 0) is 71.4 Å². The molecule has 0 bridgehead atoms. The van der Waals surface area contributed by atoms with E-state index in [0.29, 0.717) is 12.1 Å². The van der Waals surface area contributed by atoms with Crippen LogP contribution < -0.4 is 20.0 Å². The Labute approximate surface area is 219 Å². The first-order chi connectivity index (χ1) is 17.5. The fraction of sp³-hybridized carbons (Fsp3) is 0.296. The lowest BCUT2D eigenvalue weighted by Crippen LogP contribution is -2.46. The topological polar surface area (TPSA) is 78.0 Å². The first kappa shape index (κ1) is 24.1. The number of carbonyl (C=O) groups is 2. The monoisotopic (exact) mass is 549 g/mol. The van der Waals surface area contributed by atoms with E-state index in [-0.39, 0.29) is 12.5 Å². The van der Waals surface area contributed by atoms with Crippen LogP contribution in [-0.2, 0) is 4.74 Å². The fourth-order valence-electron chi connectivity index (χ4n) is 4.46. The molecule has 2 fully saturated rings. The highest BCUT2D eigenvalue weighted by Gasteiger charge is 2.32. The number of nitrogens with one attached hydrogen (secondary N) is 1. The van der Waals surface area contributed by atoms with Crippen molar-refractivity contribution in [3.05, 3.63) is 82.5 Å². The van der Waals surface area contributed by atoms with Crippen molar-refractivity contribution in [1.29, 1.82) is 0 Å². The zero-order chi connectivity index (χ0) is 25.1. The van der Waals surface area contributed by atoms with Crippen molar-refractivity contribution < 1.29 is 14.3 Å². The molecule has 3 heterocycles. The van der Waals surface area contributed by atoms with E-state index in [1.807, 2.05) is 61.5 Å². The van der Waals surface area contributed by atoms with Gasteiger partial charge in [0.15, 0.2) is 0 Å². The highest BCUT2D eigenvalue weighted by molar-refractivity contribution is 9.10. The molecule has 5 rings (SSSR count). The smallest absolute Gasteiger partial charge is 0.414 e. The highest BCUT2D eigenvalue weighted by Crippen LogP contribution is 2.26. The number of carbonyl (C=O) groups excluding carboxylic acids is 2. The van der Waals surface area contributed by atoms with Crippen molar-refractivity contribution >= 4 is 45.1 Å². The number of nitrogens with zero attached hydrogens (tertiary/aromatic N) is 4. The summed E-state index contributed by atoms with van der Waals surface area (Å²) in [6.45, 7) is 6.20. The average Bonchev–Trinajstić information content (AvgIpc) is 3.28. The molecule has 3 aromatic rings. The first-order valence-electron chi connectivity index (χ1n) is 12.0. The summed E-state index contributed by atoms with van der Waals surface area (Å²) in [6, 6.07) is 21.3. The number of aryl methyl sites for hydroxylation is 1. The van der Waals surface area contributed by atoms with Gasteiger partial charge in [0, 0.05) is 43.1 Å². The summed E-state index contributed by atoms with van der Waals surface area (Å²) in [5.41, 5.74) is 3.59. The molecule has 2 saturated heterocycles. The van der Waals surface area contributed by atoms with E-state index in [2.05, 4.69) is 36.0 Å². The molecule has 2 aliphatic rings. The molecular weight excluding hydrogens is 522 g/mol. The molecular formula is C27H28BrN5O3. The number of rotatable bonds is 6. The molecule has 1 unspecified atom stereocenters. The lowest BCUT2D eigenvalue weighted by atomic mass is 10.1. The van der Waals surface area contributed by atoms with Crippen LogP contribution in [-0.4, -0.2) is 62.4 Å². The Bertz CT molecular complexity index is 1230. The number of ether oxygens (including phenoxy) is 1. The van der Waals surface area contributed by atoms with Gasteiger partial charge in [-0.2, -0.15) is 0 Å². The lowest BCUT2D eigenvalue weighted by Gasteiger charge is -2.36. The van der Waals surface area contributed by atoms with Gasteiger partial charge in [0.1, 0.15) is 16.5 Å². The Balaban J connectivity index is 1.13. The number of hydrogen-bond donors (Lipinski definition) is 1. The summed E-state index contributed by atoms with van der Waals surface area (Å²) in [4.78, 5) is 35.6. The van der Waals surface area contributed by atoms with Crippen molar-refractivity contribution in [3.63, 3.8) is 0 Å². The number of pyridine rings is 1. The number of piperazine rings is 1. The number of amides is 2. The summed E-state index contributed by atoms with van der Waals surface area (Å²) in [5.74, 6) is 0.807. The van der Waals surface area contributed by atoms with E-state index >= 15 is 0 Å². The van der Waals surface area contributed by atoms with Crippen molar-refractivity contribution in [3.8, 4) is 0 Å². The first-order valence-corrected chi connectivity index (χ1v) is 12.8. The van der Waals surface area contributed by atoms with E-state index in [0.717, 1.165) is 53.5 Å². The molecule has 0 saturated carbocycles. The van der Waals surface area contributed by atoms with Crippen molar-refractivity contribution in [1.82, 2.24) is 10.3 Å². The van der Waals surface area contributed by atoms with Gasteiger partial charge in [0.2, 0.25) is 0 Å². The molecule has 1 aromatic heterocycles. The van der Waals surface area contributed by atoms with Gasteiger partial charge in [-0.3, -0.25) is 9.69 Å². The van der Waals surface area contributed by atoms with Crippen molar-refractivity contribution in [2.75, 3.05) is 54.0 Å². The molecule has 1 N–H and O–H groups in total. The lowest BCUT2D eigenvalue weighted by molar-refractivity contribution is 0.0916. The minimum atomic E-state index is -0.397. The molecule has 186 valence electrons. The molecule has 2 aromatic carbocycles. The molecule has 2 amide bonds. The van der Waals surface area contributed by atoms with Gasteiger partial charge >= 0.3 is 6.09 Å². The number of halogens is 1. The van der Waals surface area contributed by atoms with Crippen LogP contribution in [0.3, 0.4) is 0 Å². The van der Waals surface area contributed by atoms with Crippen LogP contribution in [0.5, 0.6) is 0 Å². The molecule has 8 nitrogen and oxygen atoms in total. The van der Waals surface area contributed by atoms with E-state index in [1.165, 1.54) is 0 Å². The fourth-order valence-corrected chi connectivity index (χ4v) is 4.80. The Hall–Kier alpha value is -3.59. The Morgan fingerprint density at radius 2 is 1.64 bits per heavy atom. The second kappa shape index (κ2) is 10.6. The SMILES string of the molecule is Cc1ccc(C(=O)NCC2CN(c3ccc(N4CCN(c5cccc(Br)n5)CC4)cc3)C(=O)O2)cc1. The Morgan fingerprint density at radius 3 is 2.33 bits per heavy atom. The van der Waals surface area contributed by atoms with Gasteiger partial charge in [-0.1, -0.05) is 23.8 Å². The number of cyclic esters (lactones) is 1. The third-order valence-corrected chi connectivity index (χ3v) is 6.95. The maximum Gasteiger partial charge on any atom is 0.414 e. The van der Waals surface area contributed by atoms with E-state index < -0.39 is 12.2 Å². The Kier molecular flexibility index (Phi) is 7.09. The van der Waals surface area contributed by atoms with E-state index in [1.54, 1.807) is 17.0 Å². The van der Waals surface area contributed by atoms with Gasteiger partial charge in [-0.25, -0.2) is 9.78 Å². The van der Waals surface area contributed by atoms with E-state index in [9.17, 15) is 9.59 Å². The molecule has 2 aliphatic heterocycles. The molecule has 36 heavy (non-hydrogen) atoms. The van der Waals surface area contributed by atoms with Crippen LogP contribution in [0.4, 0.5) is 22.0 Å². The largest absolute Gasteiger partial charge is 0.442 e. The maximum absolute atomic E-state index is 12.5. The summed E-state index contributed by atoms with van der Waals surface area (Å²) in [7, 11) is 0. The number of hydrogen-bond acceptors (Lipinski definition) is 6. The maximum atomic E-state index is 12.5. The van der Waals surface area contributed by atoms with Crippen LogP contribution in [0.2, 0.25) is 0 Å². The molecule has 0 radical (unpaired) electrons. The summed E-state index contributed by atoms with van der Waals surface area (Å²) < 4.78 is 6.33. The third-order valence-electron chi connectivity index (χ3n) is 6.51. The van der Waals surface area contributed by atoms with Crippen LogP contribution in [0.1, 0.15) is 15.9 Å². The molecule has 1 atom stereocenters. The van der Waals surface area contributed by atoms with Crippen LogP contribution in [0, 0.1) is 6.92 Å². The average molecular weight is 550 g/mol. The second-order valence-corrected chi connectivity index (χ2v) is 9.81. The van der Waals surface area contributed by atoms with Gasteiger partial charge in [0.05, 0.1) is 13.1 Å². The van der Waals surface area contributed by atoms with Gasteiger partial charge in [0.25, 0.3) is 5.91 Å². The number of aromatic nitrogens is 1. The number of benzene rings is 2. The zero-order valence-electron chi connectivity index (χ0n) is 20.1. The molecule has 9 heteroatoms. The predicted octanol–water partition coefficient (Wildman–Crippen LogP) is 4.23. The molecule has 0 aliphatic carbocycles. The minimum absolute atomic E-state index is 0.176. The predicted molar refractivity (Wildman–Crippen MR) is 144 cm³/mol. The quantitative estimate of drug-likeness (QED) is 0.463. The standard InChI is InChI=1S/C27H28BrN5O3/c1-19-5-7-20(8-6-19)26(34)29-17-23-18-33(27(35)36-23)22-11-9-21(10-12-22)31-13-15-32(16-14-31)25-4-2-3-24(28)30-25/h2-12,23H,13-18H2,1H3,(H,29,34). The van der Waals surface area contributed by atoms with Crippen molar-refractivity contribution in [2.24, 2.45) is 0 Å². The summed E-state index contributed by atoms with van der Waals surface area (Å²) in [5, 5.41) is 2.86. The third kappa shape index (κ3) is 5.46. The highest BCUT2D eigenvalue weighted by atomic mass is 79.9. The van der Waals surface area contributed by atoms with Crippen LogP contribution in [0.15, 0.2) is 71.3 Å². The zero-order valence-corrected chi connectivity index (χ0v) is 21.6. The van der Waals surface area contributed by atoms with Gasteiger partial charge < -0.3 is 19.9 Å². The Morgan fingerprint density at radius 1 is 0.972 bits per heavy atom.